The first kappa shape index (κ1) is 21.4. The fourth-order valence-corrected chi connectivity index (χ4v) is 5.51. The number of urea groups is 1. The summed E-state index contributed by atoms with van der Waals surface area (Å²) in [7, 11) is 0. The molecule has 0 bridgehead atoms. The van der Waals surface area contributed by atoms with E-state index >= 15 is 0 Å². The number of fused-ring (bicyclic) bond motifs is 1. The summed E-state index contributed by atoms with van der Waals surface area (Å²) in [5, 5.41) is 8.68. The summed E-state index contributed by atoms with van der Waals surface area (Å²) in [6.45, 7) is 1.94. The molecule has 1 aliphatic rings. The molecule has 5 rings (SSSR count). The van der Waals surface area contributed by atoms with Crippen molar-refractivity contribution in [3.05, 3.63) is 77.3 Å². The van der Waals surface area contributed by atoms with E-state index in [1.807, 2.05) is 66.2 Å². The van der Waals surface area contributed by atoms with Crippen LogP contribution in [0, 0.1) is 6.92 Å². The van der Waals surface area contributed by atoms with Gasteiger partial charge in [-0.3, -0.25) is 4.79 Å². The molecule has 0 saturated heterocycles. The Bertz CT molecular complexity index is 1270. The largest absolute Gasteiger partial charge is 0.335 e. The van der Waals surface area contributed by atoms with Gasteiger partial charge in [0.25, 0.3) is 5.91 Å². The number of nitrogens with zero attached hydrogens (tertiary/aromatic N) is 3. The van der Waals surface area contributed by atoms with Crippen LogP contribution < -0.4 is 10.2 Å². The molecule has 168 valence electrons. The highest BCUT2D eigenvalue weighted by atomic mass is 32.1. The van der Waals surface area contributed by atoms with E-state index in [1.165, 1.54) is 22.7 Å². The lowest BCUT2D eigenvalue weighted by Gasteiger charge is -2.27. The second kappa shape index (κ2) is 9.19. The summed E-state index contributed by atoms with van der Waals surface area (Å²) in [6.07, 6.45) is 5.33. The Labute approximate surface area is 196 Å². The van der Waals surface area contributed by atoms with Gasteiger partial charge in [0, 0.05) is 11.4 Å². The average Bonchev–Trinajstić information content (AvgIpc) is 3.42. The number of amides is 3. The van der Waals surface area contributed by atoms with Crippen LogP contribution in [-0.2, 0) is 0 Å². The summed E-state index contributed by atoms with van der Waals surface area (Å²) in [6, 6.07) is 20.6. The third kappa shape index (κ3) is 4.28. The molecule has 4 aromatic rings. The Balaban J connectivity index is 1.50. The van der Waals surface area contributed by atoms with Crippen LogP contribution >= 0.6 is 11.3 Å². The number of carbonyl (C=O) groups excluding carboxylic acids is 2. The monoisotopic (exact) mass is 458 g/mol. The molecular weight excluding hydrogens is 432 g/mol. The van der Waals surface area contributed by atoms with E-state index in [9.17, 15) is 9.59 Å². The number of nitrogens with one attached hydrogen (secondary N) is 1. The summed E-state index contributed by atoms with van der Waals surface area (Å²) in [4.78, 5) is 29.7. The first-order valence-electron chi connectivity index (χ1n) is 11.4. The van der Waals surface area contributed by atoms with Crippen molar-refractivity contribution in [3.8, 4) is 5.69 Å². The Kier molecular flexibility index (Phi) is 5.96. The SMILES string of the molecule is Cc1nn(-c2ccccc2)c2sc(C(=O)N(C(=O)NC3CCCCC3)c3ccccc3)cc12. The number of aromatic nitrogens is 2. The maximum Gasteiger partial charge on any atom is 0.329 e. The van der Waals surface area contributed by atoms with Crippen LogP contribution in [0.1, 0.15) is 47.5 Å². The first-order chi connectivity index (χ1) is 16.1. The Morgan fingerprint density at radius 2 is 1.67 bits per heavy atom. The molecule has 0 spiro atoms. The first-order valence-corrected chi connectivity index (χ1v) is 12.2. The van der Waals surface area contributed by atoms with Gasteiger partial charge in [0.2, 0.25) is 0 Å². The van der Waals surface area contributed by atoms with E-state index in [0.29, 0.717) is 10.6 Å². The van der Waals surface area contributed by atoms with Gasteiger partial charge in [0.1, 0.15) is 4.83 Å². The molecule has 1 aliphatic carbocycles. The Morgan fingerprint density at radius 3 is 2.36 bits per heavy atom. The van der Waals surface area contributed by atoms with Gasteiger partial charge in [-0.05, 0) is 50.1 Å². The number of benzene rings is 2. The number of aryl methyl sites for hydroxylation is 1. The minimum atomic E-state index is -0.364. The molecule has 1 N–H and O–H groups in total. The highest BCUT2D eigenvalue weighted by molar-refractivity contribution is 7.20. The molecule has 2 heterocycles. The van der Waals surface area contributed by atoms with Crippen molar-refractivity contribution in [2.24, 2.45) is 0 Å². The van der Waals surface area contributed by atoms with E-state index in [1.54, 1.807) is 12.1 Å². The average molecular weight is 459 g/mol. The minimum Gasteiger partial charge on any atom is -0.335 e. The topological polar surface area (TPSA) is 67.2 Å². The molecule has 3 amide bonds. The molecule has 2 aromatic carbocycles. The number of hydrogen-bond acceptors (Lipinski definition) is 4. The van der Waals surface area contributed by atoms with Crippen molar-refractivity contribution in [1.82, 2.24) is 15.1 Å². The number of thiophene rings is 1. The van der Waals surface area contributed by atoms with Crippen LogP contribution in [0.5, 0.6) is 0 Å². The second-order valence-electron chi connectivity index (χ2n) is 8.42. The van der Waals surface area contributed by atoms with Gasteiger partial charge in [0.15, 0.2) is 0 Å². The summed E-state index contributed by atoms with van der Waals surface area (Å²) < 4.78 is 1.86. The van der Waals surface area contributed by atoms with E-state index in [0.717, 1.165) is 47.3 Å². The smallest absolute Gasteiger partial charge is 0.329 e. The molecule has 1 fully saturated rings. The summed E-state index contributed by atoms with van der Waals surface area (Å²) in [5.41, 5.74) is 2.35. The van der Waals surface area contributed by atoms with Crippen molar-refractivity contribution in [3.63, 3.8) is 0 Å². The zero-order chi connectivity index (χ0) is 22.8. The molecule has 6 nitrogen and oxygen atoms in total. The molecule has 7 heteroatoms. The van der Waals surface area contributed by atoms with Crippen molar-refractivity contribution >= 4 is 39.2 Å². The molecule has 0 atom stereocenters. The van der Waals surface area contributed by atoms with Crippen LogP contribution in [0.15, 0.2) is 66.7 Å². The van der Waals surface area contributed by atoms with Crippen LogP contribution in [0.2, 0.25) is 0 Å². The lowest BCUT2D eigenvalue weighted by molar-refractivity contribution is 0.0997. The molecule has 33 heavy (non-hydrogen) atoms. The van der Waals surface area contributed by atoms with E-state index in [-0.39, 0.29) is 18.0 Å². The molecule has 2 aromatic heterocycles. The van der Waals surface area contributed by atoms with E-state index in [2.05, 4.69) is 10.4 Å². The van der Waals surface area contributed by atoms with E-state index < -0.39 is 0 Å². The number of rotatable bonds is 4. The molecule has 0 radical (unpaired) electrons. The van der Waals surface area contributed by atoms with Crippen molar-refractivity contribution in [1.29, 1.82) is 0 Å². The number of carbonyl (C=O) groups is 2. The van der Waals surface area contributed by atoms with E-state index in [4.69, 9.17) is 0 Å². The standard InChI is InChI=1S/C26H26N4O2S/c1-18-22-17-23(33-25(22)30(28-18)21-15-9-4-10-16-21)24(31)29(20-13-7-3-8-14-20)26(32)27-19-11-5-2-6-12-19/h3-4,7-10,13-17,19H,2,5-6,11-12H2,1H3,(H,27,32). The van der Waals surface area contributed by atoms with Gasteiger partial charge < -0.3 is 5.32 Å². The van der Waals surface area contributed by atoms with Gasteiger partial charge >= 0.3 is 6.03 Å². The quantitative estimate of drug-likeness (QED) is 0.403. The van der Waals surface area contributed by atoms with Crippen molar-refractivity contribution in [2.75, 3.05) is 4.90 Å². The molecule has 0 unspecified atom stereocenters. The van der Waals surface area contributed by atoms with Crippen molar-refractivity contribution < 1.29 is 9.59 Å². The number of para-hydroxylation sites is 2. The second-order valence-corrected chi connectivity index (χ2v) is 9.45. The van der Waals surface area contributed by atoms with Gasteiger partial charge in [-0.25, -0.2) is 14.4 Å². The van der Waals surface area contributed by atoms with Crippen LogP contribution in [-0.4, -0.2) is 27.8 Å². The van der Waals surface area contributed by atoms with Gasteiger partial charge in [-0.2, -0.15) is 5.10 Å². The fourth-order valence-electron chi connectivity index (χ4n) is 4.40. The fraction of sp³-hybridized carbons (Fsp3) is 0.269. The number of hydrogen-bond donors (Lipinski definition) is 1. The number of anilines is 1. The summed E-state index contributed by atoms with van der Waals surface area (Å²) in [5.74, 6) is -0.324. The predicted octanol–water partition coefficient (Wildman–Crippen LogP) is 6.08. The molecule has 0 aliphatic heterocycles. The lowest BCUT2D eigenvalue weighted by Crippen LogP contribution is -2.48. The zero-order valence-electron chi connectivity index (χ0n) is 18.5. The third-order valence-electron chi connectivity index (χ3n) is 6.11. The maximum atomic E-state index is 13.7. The maximum absolute atomic E-state index is 13.7. The Hall–Kier alpha value is -3.45. The van der Waals surface area contributed by atoms with Crippen LogP contribution in [0.25, 0.3) is 15.9 Å². The lowest BCUT2D eigenvalue weighted by atomic mass is 9.96. The minimum absolute atomic E-state index is 0.113. The number of imide groups is 1. The highest BCUT2D eigenvalue weighted by Crippen LogP contribution is 2.32. The van der Waals surface area contributed by atoms with Crippen LogP contribution in [0.3, 0.4) is 0 Å². The molecule has 1 saturated carbocycles. The normalized spacial score (nSPS) is 14.3. The highest BCUT2D eigenvalue weighted by Gasteiger charge is 2.29. The predicted molar refractivity (Wildman–Crippen MR) is 132 cm³/mol. The van der Waals surface area contributed by atoms with Crippen LogP contribution in [0.4, 0.5) is 10.5 Å². The van der Waals surface area contributed by atoms with Crippen molar-refractivity contribution in [2.45, 2.75) is 45.1 Å². The van der Waals surface area contributed by atoms with Gasteiger partial charge in [-0.15, -0.1) is 11.3 Å². The molecular formula is C26H26N4O2S. The third-order valence-corrected chi connectivity index (χ3v) is 7.21. The van der Waals surface area contributed by atoms with Gasteiger partial charge in [0.05, 0.1) is 21.9 Å². The Morgan fingerprint density at radius 1 is 1.00 bits per heavy atom. The zero-order valence-corrected chi connectivity index (χ0v) is 19.3. The van der Waals surface area contributed by atoms with Gasteiger partial charge in [-0.1, -0.05) is 55.7 Å². The summed E-state index contributed by atoms with van der Waals surface area (Å²) >= 11 is 1.36.